The Morgan fingerprint density at radius 3 is 1.22 bits per heavy atom. The quantitative estimate of drug-likeness (QED) is 0.188. The summed E-state index contributed by atoms with van der Waals surface area (Å²) in [5.74, 6) is 1.42. The van der Waals surface area contributed by atoms with Crippen LogP contribution in [0.15, 0.2) is 122 Å². The van der Waals surface area contributed by atoms with Crippen LogP contribution >= 0.6 is 0 Å². The Labute approximate surface area is 288 Å². The first kappa shape index (κ1) is 27.8. The Balaban J connectivity index is 1.50. The van der Waals surface area contributed by atoms with Gasteiger partial charge in [0, 0.05) is 79.4 Å². The topological polar surface area (TPSA) is 61.4 Å². The van der Waals surface area contributed by atoms with Gasteiger partial charge in [-0.3, -0.25) is 0 Å². The highest BCUT2D eigenvalue weighted by Gasteiger charge is 2.47. The second-order valence-corrected chi connectivity index (χ2v) is 14.7. The zero-order chi connectivity index (χ0) is 33.5. The van der Waals surface area contributed by atoms with Gasteiger partial charge < -0.3 is 9.13 Å². The van der Waals surface area contributed by atoms with Crippen molar-refractivity contribution in [2.24, 2.45) is 0 Å². The molecule has 0 unspecified atom stereocenters. The van der Waals surface area contributed by atoms with Gasteiger partial charge >= 0.3 is 0 Å². The molecule has 0 saturated carbocycles. The molecule has 0 aliphatic carbocycles. The van der Waals surface area contributed by atoms with Crippen molar-refractivity contribution in [3.05, 3.63) is 144 Å². The Morgan fingerprint density at radius 2 is 0.800 bits per heavy atom. The molecule has 0 radical (unpaired) electrons. The number of hydrogen-bond donors (Lipinski definition) is 0. The second kappa shape index (κ2) is 9.30. The minimum Gasteiger partial charge on any atom is -0.308 e. The van der Waals surface area contributed by atoms with Gasteiger partial charge in [-0.05, 0) is 35.4 Å². The first-order valence-electron chi connectivity index (χ1n) is 17.2. The lowest BCUT2D eigenvalue weighted by Crippen LogP contribution is -2.34. The molecule has 2 aliphatic rings. The van der Waals surface area contributed by atoms with E-state index in [4.69, 9.17) is 19.9 Å². The van der Waals surface area contributed by atoms with E-state index in [1.54, 1.807) is 0 Å². The summed E-state index contributed by atoms with van der Waals surface area (Å²) in [7, 11) is 0. The van der Waals surface area contributed by atoms with Crippen molar-refractivity contribution in [3.8, 4) is 34.2 Å². The molecule has 6 nitrogen and oxygen atoms in total. The fourth-order valence-corrected chi connectivity index (χ4v) is 9.46. The van der Waals surface area contributed by atoms with Gasteiger partial charge in [0.05, 0.1) is 33.4 Å². The van der Waals surface area contributed by atoms with Crippen LogP contribution in [0.2, 0.25) is 0 Å². The number of benzene rings is 5. The standard InChI is InChI=1S/C44H32N6/c1-43(2)29-17-9-15-27-25-13-5-7-19-31(25)49(37(27)29)39-34(42-47-23-12-24-48-42)36-40(33(35(39)43)41-45-21-11-22-46-41)50-32-20-8-6-14-26(32)28-16-10-18-30(38(28)50)44(36,3)4/h5-24H,1-4H3. The molecule has 50 heavy (non-hydrogen) atoms. The summed E-state index contributed by atoms with van der Waals surface area (Å²) in [5, 5.41) is 4.95. The predicted octanol–water partition coefficient (Wildman–Crippen LogP) is 10.1. The van der Waals surface area contributed by atoms with E-state index in [1.165, 1.54) is 54.8 Å². The highest BCUT2D eigenvalue weighted by Crippen LogP contribution is 2.60. The SMILES string of the molecule is CC1(C)c2c(-c3ncccn3)c3c(c(-c4ncccn4)c2-n2c4ccccc4c4cccc1c42)C(C)(C)c1cccc2c4ccccc4n-3c12. The van der Waals surface area contributed by atoms with Crippen molar-refractivity contribution in [3.63, 3.8) is 0 Å². The third-order valence-electron chi connectivity index (χ3n) is 11.5. The van der Waals surface area contributed by atoms with Crippen LogP contribution < -0.4 is 0 Å². The van der Waals surface area contributed by atoms with Crippen molar-refractivity contribution in [1.29, 1.82) is 0 Å². The van der Waals surface area contributed by atoms with Crippen LogP contribution in [0.1, 0.15) is 49.9 Å². The molecule has 0 atom stereocenters. The molecular weight excluding hydrogens is 613 g/mol. The highest BCUT2D eigenvalue weighted by atomic mass is 15.1. The van der Waals surface area contributed by atoms with Gasteiger partial charge in [0.1, 0.15) is 0 Å². The highest BCUT2D eigenvalue weighted by molar-refractivity contribution is 6.15. The summed E-state index contributed by atoms with van der Waals surface area (Å²) in [6.45, 7) is 9.45. The minimum absolute atomic E-state index is 0.449. The summed E-state index contributed by atoms with van der Waals surface area (Å²) in [6.07, 6.45) is 7.47. The van der Waals surface area contributed by atoms with E-state index in [9.17, 15) is 0 Å². The van der Waals surface area contributed by atoms with Gasteiger partial charge in [0.15, 0.2) is 11.6 Å². The molecule has 9 aromatic rings. The fraction of sp³-hybridized carbons (Fsp3) is 0.136. The number of fused-ring (bicyclic) bond motifs is 10. The number of hydrogen-bond acceptors (Lipinski definition) is 4. The molecule has 238 valence electrons. The third kappa shape index (κ3) is 3.20. The molecule has 11 rings (SSSR count). The van der Waals surface area contributed by atoms with E-state index in [1.807, 2.05) is 36.9 Å². The predicted molar refractivity (Wildman–Crippen MR) is 201 cm³/mol. The van der Waals surface area contributed by atoms with Crippen LogP contribution in [0, 0.1) is 0 Å². The molecule has 4 aromatic heterocycles. The second-order valence-electron chi connectivity index (χ2n) is 14.7. The van der Waals surface area contributed by atoms with Crippen molar-refractivity contribution in [1.82, 2.24) is 29.1 Å². The van der Waals surface area contributed by atoms with Crippen LogP contribution in [0.3, 0.4) is 0 Å². The average molecular weight is 645 g/mol. The molecule has 5 aromatic carbocycles. The van der Waals surface area contributed by atoms with Crippen molar-refractivity contribution >= 4 is 43.6 Å². The maximum Gasteiger partial charge on any atom is 0.161 e. The van der Waals surface area contributed by atoms with E-state index < -0.39 is 10.8 Å². The van der Waals surface area contributed by atoms with Crippen LogP contribution in [0.25, 0.3) is 77.8 Å². The lowest BCUT2D eigenvalue weighted by molar-refractivity contribution is 0.612. The Morgan fingerprint density at radius 1 is 0.420 bits per heavy atom. The molecule has 6 heteroatoms. The monoisotopic (exact) mass is 644 g/mol. The summed E-state index contributed by atoms with van der Waals surface area (Å²) in [6, 6.07) is 34.9. The van der Waals surface area contributed by atoms with Crippen LogP contribution in [0.4, 0.5) is 0 Å². The molecule has 0 amide bonds. The largest absolute Gasteiger partial charge is 0.308 e. The Kier molecular flexibility index (Phi) is 5.17. The molecule has 0 bridgehead atoms. The summed E-state index contributed by atoms with van der Waals surface area (Å²) in [5.41, 5.74) is 13.1. The van der Waals surface area contributed by atoms with Crippen LogP contribution in [-0.2, 0) is 10.8 Å². The number of rotatable bonds is 2. The smallest absolute Gasteiger partial charge is 0.161 e. The molecular formula is C44H32N6. The molecule has 0 spiro atoms. The minimum atomic E-state index is -0.449. The molecule has 0 saturated heterocycles. The Bertz CT molecular complexity index is 2710. The van der Waals surface area contributed by atoms with E-state index in [-0.39, 0.29) is 0 Å². The maximum absolute atomic E-state index is 5.06. The fourth-order valence-electron chi connectivity index (χ4n) is 9.46. The summed E-state index contributed by atoms with van der Waals surface area (Å²) in [4.78, 5) is 20.2. The van der Waals surface area contributed by atoms with Crippen LogP contribution in [0.5, 0.6) is 0 Å². The van der Waals surface area contributed by atoms with Gasteiger partial charge in [0.25, 0.3) is 0 Å². The van der Waals surface area contributed by atoms with E-state index >= 15 is 0 Å². The molecule has 0 fully saturated rings. The zero-order valence-electron chi connectivity index (χ0n) is 28.2. The van der Waals surface area contributed by atoms with Gasteiger partial charge in [-0.1, -0.05) is 100 Å². The average Bonchev–Trinajstić information content (AvgIpc) is 3.67. The zero-order valence-corrected chi connectivity index (χ0v) is 28.2. The van der Waals surface area contributed by atoms with E-state index in [2.05, 4.69) is 122 Å². The lowest BCUT2D eigenvalue weighted by atomic mass is 9.66. The van der Waals surface area contributed by atoms with Crippen molar-refractivity contribution < 1.29 is 0 Å². The molecule has 0 N–H and O–H groups in total. The normalized spacial score (nSPS) is 15.1. The van der Waals surface area contributed by atoms with Crippen molar-refractivity contribution in [2.45, 2.75) is 38.5 Å². The number of aromatic nitrogens is 6. The molecule has 6 heterocycles. The van der Waals surface area contributed by atoms with Gasteiger partial charge in [-0.25, -0.2) is 19.9 Å². The summed E-state index contributed by atoms with van der Waals surface area (Å²) >= 11 is 0. The third-order valence-corrected chi connectivity index (χ3v) is 11.5. The van der Waals surface area contributed by atoms with Crippen molar-refractivity contribution in [2.75, 3.05) is 0 Å². The van der Waals surface area contributed by atoms with Gasteiger partial charge in [0.2, 0.25) is 0 Å². The van der Waals surface area contributed by atoms with Crippen LogP contribution in [-0.4, -0.2) is 29.1 Å². The van der Waals surface area contributed by atoms with E-state index in [0.717, 1.165) is 33.5 Å². The maximum atomic E-state index is 5.06. The van der Waals surface area contributed by atoms with E-state index in [0.29, 0.717) is 11.6 Å². The number of nitrogens with zero attached hydrogens (tertiary/aromatic N) is 6. The summed E-state index contributed by atoms with van der Waals surface area (Å²) < 4.78 is 5.00. The first-order chi connectivity index (χ1) is 24.4. The first-order valence-corrected chi connectivity index (χ1v) is 17.2. The Hall–Kier alpha value is -6.14. The van der Waals surface area contributed by atoms with Gasteiger partial charge in [-0.15, -0.1) is 0 Å². The van der Waals surface area contributed by atoms with Gasteiger partial charge in [-0.2, -0.15) is 0 Å². The molecule has 2 aliphatic heterocycles. The number of para-hydroxylation sites is 4. The lowest BCUT2D eigenvalue weighted by Gasteiger charge is -2.43.